The molecule has 9 heteroatoms. The molecule has 0 saturated carbocycles. The lowest BCUT2D eigenvalue weighted by atomic mass is 10.00. The highest BCUT2D eigenvalue weighted by Gasteiger charge is 2.36. The second-order valence-electron chi connectivity index (χ2n) is 6.36. The molecule has 29 heavy (non-hydrogen) atoms. The van der Waals surface area contributed by atoms with Gasteiger partial charge < -0.3 is 10.1 Å². The van der Waals surface area contributed by atoms with Crippen LogP contribution in [0.25, 0.3) is 0 Å². The summed E-state index contributed by atoms with van der Waals surface area (Å²) in [6.07, 6.45) is 0. The molecule has 0 radical (unpaired) electrons. The molecule has 0 bridgehead atoms. The summed E-state index contributed by atoms with van der Waals surface area (Å²) in [6.45, 7) is 4.81. The van der Waals surface area contributed by atoms with Crippen molar-refractivity contribution in [2.45, 2.75) is 37.8 Å². The molecule has 2 aromatic rings. The number of carbonyl (C=O) groups excluding carboxylic acids is 2. The molecule has 156 valence electrons. The van der Waals surface area contributed by atoms with E-state index < -0.39 is 34.0 Å². The van der Waals surface area contributed by atoms with E-state index in [0.29, 0.717) is 10.0 Å². The van der Waals surface area contributed by atoms with Crippen LogP contribution in [0.5, 0.6) is 0 Å². The maximum atomic E-state index is 13.0. The smallest absolute Gasteiger partial charge is 0.330 e. The van der Waals surface area contributed by atoms with E-state index in [1.165, 1.54) is 19.1 Å². The van der Waals surface area contributed by atoms with Gasteiger partial charge in [0.05, 0.1) is 17.5 Å². The van der Waals surface area contributed by atoms with Crippen molar-refractivity contribution < 1.29 is 22.7 Å². The fraction of sp³-hybridized carbons (Fsp3) is 0.300. The topological polar surface area (TPSA) is 102 Å². The number of sulfonamides is 1. The number of aryl methyl sites for hydroxylation is 1. The van der Waals surface area contributed by atoms with Gasteiger partial charge in [-0.2, -0.15) is 0 Å². The molecule has 2 rings (SSSR count). The lowest BCUT2D eigenvalue weighted by Gasteiger charge is -2.28. The van der Waals surface area contributed by atoms with Gasteiger partial charge in [0.2, 0.25) is 15.9 Å². The molecular weight excluding hydrogens is 460 g/mol. The maximum absolute atomic E-state index is 13.0. The van der Waals surface area contributed by atoms with Gasteiger partial charge in [-0.1, -0.05) is 51.8 Å². The summed E-state index contributed by atoms with van der Waals surface area (Å²) in [7, 11) is -4.00. The van der Waals surface area contributed by atoms with E-state index in [-0.39, 0.29) is 11.5 Å². The Morgan fingerprint density at radius 2 is 1.72 bits per heavy atom. The summed E-state index contributed by atoms with van der Waals surface area (Å²) in [6, 6.07) is 10.8. The zero-order valence-electron chi connectivity index (χ0n) is 16.3. The number of carbonyl (C=O) groups is 2. The monoisotopic (exact) mass is 482 g/mol. The number of halogens is 1. The summed E-state index contributed by atoms with van der Waals surface area (Å²) in [5.41, 5.74) is 1.39. The minimum absolute atomic E-state index is 0.0468. The molecule has 0 saturated heterocycles. The molecule has 1 amide bonds. The Kier molecular flexibility index (Phi) is 7.95. The van der Waals surface area contributed by atoms with E-state index in [2.05, 4.69) is 26.0 Å². The lowest BCUT2D eigenvalue weighted by Crippen LogP contribution is -2.50. The summed E-state index contributed by atoms with van der Waals surface area (Å²) < 4.78 is 34.3. The van der Waals surface area contributed by atoms with Crippen LogP contribution in [0.1, 0.15) is 31.0 Å². The van der Waals surface area contributed by atoms with Gasteiger partial charge >= 0.3 is 5.97 Å². The van der Waals surface area contributed by atoms with E-state index in [4.69, 9.17) is 4.74 Å². The van der Waals surface area contributed by atoms with Gasteiger partial charge in [0.1, 0.15) is 6.04 Å². The summed E-state index contributed by atoms with van der Waals surface area (Å²) in [4.78, 5) is 24.4. The molecule has 0 heterocycles. The summed E-state index contributed by atoms with van der Waals surface area (Å²) in [5, 5.41) is 2.51. The molecule has 0 fully saturated rings. The average molecular weight is 483 g/mol. The van der Waals surface area contributed by atoms with Gasteiger partial charge in [-0.3, -0.25) is 4.79 Å². The molecule has 0 aliphatic carbocycles. The number of rotatable bonds is 8. The van der Waals surface area contributed by atoms with E-state index in [1.807, 2.05) is 6.92 Å². The van der Waals surface area contributed by atoms with Crippen molar-refractivity contribution in [2.24, 2.45) is 0 Å². The third-order valence-electron chi connectivity index (χ3n) is 4.09. The Hall–Kier alpha value is -2.23. The zero-order chi connectivity index (χ0) is 21.6. The predicted molar refractivity (Wildman–Crippen MR) is 113 cm³/mol. The van der Waals surface area contributed by atoms with Crippen LogP contribution in [0.4, 0.5) is 0 Å². The molecule has 0 aliphatic rings. The van der Waals surface area contributed by atoms with Crippen LogP contribution in [0.15, 0.2) is 57.9 Å². The Labute approximate surface area is 179 Å². The van der Waals surface area contributed by atoms with Gasteiger partial charge in [-0.25, -0.2) is 17.9 Å². The molecule has 0 spiro atoms. The third-order valence-corrected chi connectivity index (χ3v) is 6.27. The highest BCUT2D eigenvalue weighted by atomic mass is 79.9. The van der Waals surface area contributed by atoms with Crippen LogP contribution >= 0.6 is 15.9 Å². The van der Waals surface area contributed by atoms with Gasteiger partial charge in [-0.05, 0) is 37.6 Å². The Balaban J connectivity index is 2.54. The second-order valence-corrected chi connectivity index (χ2v) is 8.93. The Morgan fingerprint density at radius 1 is 1.10 bits per heavy atom. The van der Waals surface area contributed by atoms with Crippen LogP contribution in [-0.2, 0) is 24.3 Å². The van der Waals surface area contributed by atoms with Crippen LogP contribution in [0.3, 0.4) is 0 Å². The zero-order valence-corrected chi connectivity index (χ0v) is 18.7. The van der Waals surface area contributed by atoms with E-state index in [9.17, 15) is 18.0 Å². The van der Waals surface area contributed by atoms with Crippen molar-refractivity contribution in [1.82, 2.24) is 10.0 Å². The van der Waals surface area contributed by atoms with Crippen LogP contribution < -0.4 is 10.0 Å². The van der Waals surface area contributed by atoms with Gasteiger partial charge in [0, 0.05) is 11.4 Å². The number of hydrogen-bond donors (Lipinski definition) is 2. The number of amides is 1. The summed E-state index contributed by atoms with van der Waals surface area (Å²) >= 11 is 3.39. The molecule has 0 aliphatic heterocycles. The van der Waals surface area contributed by atoms with Gasteiger partial charge in [0.25, 0.3) is 0 Å². The molecule has 0 unspecified atom stereocenters. The number of ether oxygens (including phenoxy) is 1. The average Bonchev–Trinajstić information content (AvgIpc) is 2.65. The largest absolute Gasteiger partial charge is 0.464 e. The lowest BCUT2D eigenvalue weighted by molar-refractivity contribution is -0.148. The van der Waals surface area contributed by atoms with Crippen molar-refractivity contribution in [3.05, 3.63) is 64.1 Å². The van der Waals surface area contributed by atoms with Crippen LogP contribution in [-0.4, -0.2) is 32.9 Å². The van der Waals surface area contributed by atoms with Crippen molar-refractivity contribution in [1.29, 1.82) is 0 Å². The van der Waals surface area contributed by atoms with E-state index >= 15 is 0 Å². The highest BCUT2D eigenvalue weighted by molar-refractivity contribution is 9.10. The van der Waals surface area contributed by atoms with Crippen LogP contribution in [0, 0.1) is 6.92 Å². The highest BCUT2D eigenvalue weighted by Crippen LogP contribution is 2.28. The van der Waals surface area contributed by atoms with E-state index in [0.717, 1.165) is 5.56 Å². The number of esters is 1. The molecule has 2 N–H and O–H groups in total. The van der Waals surface area contributed by atoms with Crippen molar-refractivity contribution >= 4 is 37.8 Å². The van der Waals surface area contributed by atoms with Crippen molar-refractivity contribution in [2.75, 3.05) is 6.61 Å². The molecule has 7 nitrogen and oxygen atoms in total. The molecular formula is C20H23BrN2O5S. The fourth-order valence-corrected chi connectivity index (χ4v) is 4.48. The minimum Gasteiger partial charge on any atom is -0.464 e. The van der Waals surface area contributed by atoms with Gasteiger partial charge in [0.15, 0.2) is 0 Å². The first-order valence-corrected chi connectivity index (χ1v) is 11.2. The SMILES string of the molecule is CCOC(=O)[C@@H](NC(C)=O)[C@@H](NS(=O)(=O)c1ccc(C)cc1)c1ccccc1Br. The first kappa shape index (κ1) is 23.1. The minimum atomic E-state index is -4.00. The first-order valence-electron chi connectivity index (χ1n) is 8.93. The Morgan fingerprint density at radius 3 is 2.28 bits per heavy atom. The van der Waals surface area contributed by atoms with Gasteiger partial charge in [-0.15, -0.1) is 0 Å². The predicted octanol–water partition coefficient (Wildman–Crippen LogP) is 2.84. The van der Waals surface area contributed by atoms with E-state index in [1.54, 1.807) is 43.3 Å². The number of nitrogens with one attached hydrogen (secondary N) is 2. The number of hydrogen-bond acceptors (Lipinski definition) is 5. The molecule has 0 aromatic heterocycles. The van der Waals surface area contributed by atoms with Crippen molar-refractivity contribution in [3.8, 4) is 0 Å². The maximum Gasteiger partial charge on any atom is 0.330 e. The number of benzene rings is 2. The quantitative estimate of drug-likeness (QED) is 0.563. The fourth-order valence-electron chi connectivity index (χ4n) is 2.72. The standard InChI is InChI=1S/C20H23BrN2O5S/c1-4-28-20(25)19(22-14(3)24)18(16-7-5-6-8-17(16)21)23-29(26,27)15-11-9-13(2)10-12-15/h5-12,18-19,23H,4H2,1-3H3,(H,22,24)/t18-,19-/m0/s1. The molecule has 2 aromatic carbocycles. The molecule has 2 atom stereocenters. The third kappa shape index (κ3) is 6.12. The Bertz CT molecular complexity index is 977. The summed E-state index contributed by atoms with van der Waals surface area (Å²) in [5.74, 6) is -1.23. The second kappa shape index (κ2) is 10.00. The van der Waals surface area contributed by atoms with Crippen LogP contribution in [0.2, 0.25) is 0 Å². The first-order chi connectivity index (χ1) is 13.7. The normalized spacial score (nSPS) is 13.4. The van der Waals surface area contributed by atoms with Crippen molar-refractivity contribution in [3.63, 3.8) is 0 Å².